The molecular formula is C30H39N2O5PS. The molecule has 1 aliphatic rings. The standard InChI is InChI=1S/C30H39N2O5PS/c1-4-36-38(33,37-5-2)30-24-31(20-26-12-8-6-9-13-26)22-28(30)23-32(21-27-14-10-7-11-15-27)39(34,35)29-18-16-25(3)17-19-29/h6-19,28,30H,4-5,20-24H2,1-3H3/t28-,30-/m1/s1. The van der Waals surface area contributed by atoms with Gasteiger partial charge in [-0.05, 0) is 44.0 Å². The van der Waals surface area contributed by atoms with E-state index in [0.29, 0.717) is 19.6 Å². The smallest absolute Gasteiger partial charge is 0.309 e. The first-order valence-electron chi connectivity index (χ1n) is 13.5. The van der Waals surface area contributed by atoms with Crippen LogP contribution in [-0.4, -0.2) is 56.1 Å². The highest BCUT2D eigenvalue weighted by Crippen LogP contribution is 2.57. The van der Waals surface area contributed by atoms with Crippen molar-refractivity contribution in [3.63, 3.8) is 0 Å². The van der Waals surface area contributed by atoms with Crippen molar-refractivity contribution in [1.82, 2.24) is 9.21 Å². The Morgan fingerprint density at radius 2 is 1.41 bits per heavy atom. The molecule has 0 amide bonds. The van der Waals surface area contributed by atoms with Gasteiger partial charge in [-0.1, -0.05) is 78.4 Å². The van der Waals surface area contributed by atoms with Gasteiger partial charge in [0.2, 0.25) is 10.0 Å². The van der Waals surface area contributed by atoms with Crippen LogP contribution in [0.1, 0.15) is 30.5 Å². The number of hydrogen-bond acceptors (Lipinski definition) is 6. The molecule has 1 fully saturated rings. The van der Waals surface area contributed by atoms with Crippen LogP contribution in [0.25, 0.3) is 0 Å². The van der Waals surface area contributed by atoms with Gasteiger partial charge in [0.05, 0.1) is 23.8 Å². The van der Waals surface area contributed by atoms with E-state index < -0.39 is 23.3 Å². The summed E-state index contributed by atoms with van der Waals surface area (Å²) >= 11 is 0. The molecular weight excluding hydrogens is 531 g/mol. The second-order valence-electron chi connectivity index (χ2n) is 9.98. The van der Waals surface area contributed by atoms with E-state index in [-0.39, 0.29) is 37.1 Å². The minimum Gasteiger partial charge on any atom is -0.309 e. The first-order valence-corrected chi connectivity index (χ1v) is 16.6. The van der Waals surface area contributed by atoms with Crippen LogP contribution in [0.4, 0.5) is 0 Å². The fraction of sp³-hybridized carbons (Fsp3) is 0.400. The Morgan fingerprint density at radius 3 is 1.97 bits per heavy atom. The molecule has 2 atom stereocenters. The van der Waals surface area contributed by atoms with E-state index in [1.165, 1.54) is 4.31 Å². The normalized spacial score (nSPS) is 18.6. The van der Waals surface area contributed by atoms with Crippen molar-refractivity contribution in [2.75, 3.05) is 32.8 Å². The number of sulfonamides is 1. The van der Waals surface area contributed by atoms with Crippen molar-refractivity contribution in [2.24, 2.45) is 5.92 Å². The van der Waals surface area contributed by atoms with Crippen LogP contribution >= 0.6 is 7.60 Å². The van der Waals surface area contributed by atoms with Crippen molar-refractivity contribution in [3.8, 4) is 0 Å². The molecule has 0 saturated carbocycles. The van der Waals surface area contributed by atoms with Gasteiger partial charge in [-0.3, -0.25) is 9.46 Å². The van der Waals surface area contributed by atoms with Crippen LogP contribution in [0.2, 0.25) is 0 Å². The molecule has 3 aromatic carbocycles. The van der Waals surface area contributed by atoms with E-state index in [0.717, 1.165) is 16.7 Å². The van der Waals surface area contributed by atoms with E-state index in [4.69, 9.17) is 9.05 Å². The molecule has 1 aliphatic heterocycles. The summed E-state index contributed by atoms with van der Waals surface area (Å²) in [6.07, 6.45) is 0. The van der Waals surface area contributed by atoms with E-state index in [1.54, 1.807) is 26.0 Å². The van der Waals surface area contributed by atoms with Crippen LogP contribution in [0.15, 0.2) is 89.8 Å². The van der Waals surface area contributed by atoms with E-state index in [2.05, 4.69) is 17.0 Å². The number of likely N-dealkylation sites (tertiary alicyclic amines) is 1. The fourth-order valence-corrected chi connectivity index (χ4v) is 8.99. The zero-order valence-corrected chi connectivity index (χ0v) is 24.7. The lowest BCUT2D eigenvalue weighted by atomic mass is 10.1. The van der Waals surface area contributed by atoms with Gasteiger partial charge in [-0.25, -0.2) is 8.42 Å². The summed E-state index contributed by atoms with van der Waals surface area (Å²) < 4.78 is 55.2. The maximum Gasteiger partial charge on any atom is 0.335 e. The van der Waals surface area contributed by atoms with Crippen molar-refractivity contribution in [2.45, 2.75) is 44.4 Å². The third-order valence-corrected chi connectivity index (χ3v) is 11.5. The van der Waals surface area contributed by atoms with Gasteiger partial charge in [0.25, 0.3) is 0 Å². The Labute approximate surface area is 233 Å². The van der Waals surface area contributed by atoms with Crippen LogP contribution in [0, 0.1) is 12.8 Å². The quantitative estimate of drug-likeness (QED) is 0.236. The van der Waals surface area contributed by atoms with Crippen LogP contribution in [0.5, 0.6) is 0 Å². The number of nitrogens with zero attached hydrogens (tertiary/aromatic N) is 2. The number of aryl methyl sites for hydroxylation is 1. The molecule has 0 bridgehead atoms. The summed E-state index contributed by atoms with van der Waals surface area (Å²) in [5, 5.41) is 0. The average Bonchev–Trinajstić information content (AvgIpc) is 3.33. The Kier molecular flexibility index (Phi) is 10.2. The van der Waals surface area contributed by atoms with Crippen LogP contribution in [-0.2, 0) is 36.7 Å². The molecule has 0 radical (unpaired) electrons. The Balaban J connectivity index is 1.69. The predicted molar refractivity (Wildman–Crippen MR) is 155 cm³/mol. The lowest BCUT2D eigenvalue weighted by Gasteiger charge is -2.31. The van der Waals surface area contributed by atoms with Gasteiger partial charge in [0.15, 0.2) is 0 Å². The van der Waals surface area contributed by atoms with Crippen molar-refractivity contribution >= 4 is 17.6 Å². The number of benzene rings is 3. The maximum absolute atomic E-state index is 14.1. The number of hydrogen-bond donors (Lipinski definition) is 0. The monoisotopic (exact) mass is 570 g/mol. The van der Waals surface area contributed by atoms with E-state index in [1.807, 2.05) is 67.6 Å². The molecule has 39 heavy (non-hydrogen) atoms. The van der Waals surface area contributed by atoms with Crippen molar-refractivity contribution in [3.05, 3.63) is 102 Å². The van der Waals surface area contributed by atoms with Crippen molar-refractivity contribution < 1.29 is 22.0 Å². The number of rotatable bonds is 13. The second kappa shape index (κ2) is 13.4. The molecule has 0 aromatic heterocycles. The molecule has 0 aliphatic carbocycles. The van der Waals surface area contributed by atoms with Gasteiger partial charge >= 0.3 is 7.60 Å². The Hall–Kier alpha value is -2.32. The Bertz CT molecular complexity index is 1330. The van der Waals surface area contributed by atoms with Crippen LogP contribution < -0.4 is 0 Å². The Morgan fingerprint density at radius 1 is 0.846 bits per heavy atom. The highest BCUT2D eigenvalue weighted by Gasteiger charge is 2.48. The molecule has 7 nitrogen and oxygen atoms in total. The summed E-state index contributed by atoms with van der Waals surface area (Å²) in [7, 11) is -7.33. The summed E-state index contributed by atoms with van der Waals surface area (Å²) in [6, 6.07) is 26.6. The van der Waals surface area contributed by atoms with Gasteiger partial charge in [-0.2, -0.15) is 4.31 Å². The topological polar surface area (TPSA) is 76.2 Å². The van der Waals surface area contributed by atoms with Crippen molar-refractivity contribution in [1.29, 1.82) is 0 Å². The predicted octanol–water partition coefficient (Wildman–Crippen LogP) is 5.95. The zero-order chi connectivity index (χ0) is 27.9. The summed E-state index contributed by atoms with van der Waals surface area (Å²) in [5.74, 6) is -0.249. The molecule has 0 N–H and O–H groups in total. The van der Waals surface area contributed by atoms with E-state index in [9.17, 15) is 13.0 Å². The molecule has 0 unspecified atom stereocenters. The van der Waals surface area contributed by atoms with E-state index >= 15 is 0 Å². The van der Waals surface area contributed by atoms with Gasteiger partial charge < -0.3 is 9.05 Å². The summed E-state index contributed by atoms with van der Waals surface area (Å²) in [5.41, 5.74) is 2.58. The van der Waals surface area contributed by atoms with Crippen LogP contribution in [0.3, 0.4) is 0 Å². The highest BCUT2D eigenvalue weighted by molar-refractivity contribution is 7.89. The molecule has 1 saturated heterocycles. The summed E-state index contributed by atoms with van der Waals surface area (Å²) in [4.78, 5) is 2.48. The third kappa shape index (κ3) is 7.46. The fourth-order valence-electron chi connectivity index (χ4n) is 5.19. The third-order valence-electron chi connectivity index (χ3n) is 7.05. The molecule has 9 heteroatoms. The zero-order valence-electron chi connectivity index (χ0n) is 23.0. The lowest BCUT2D eigenvalue weighted by Crippen LogP contribution is -2.39. The van der Waals surface area contributed by atoms with Gasteiger partial charge in [-0.15, -0.1) is 0 Å². The maximum atomic E-state index is 14.1. The van der Waals surface area contributed by atoms with Gasteiger partial charge in [0.1, 0.15) is 0 Å². The molecule has 1 heterocycles. The average molecular weight is 571 g/mol. The largest absolute Gasteiger partial charge is 0.335 e. The molecule has 210 valence electrons. The molecule has 4 rings (SSSR count). The van der Waals surface area contributed by atoms with Gasteiger partial charge in [0, 0.05) is 38.6 Å². The minimum atomic E-state index is -3.83. The lowest BCUT2D eigenvalue weighted by molar-refractivity contribution is 0.204. The minimum absolute atomic E-state index is 0.200. The first-order chi connectivity index (χ1) is 18.7. The summed E-state index contributed by atoms with van der Waals surface area (Å²) in [6.45, 7) is 8.23. The highest BCUT2D eigenvalue weighted by atomic mass is 32.2. The first kappa shape index (κ1) is 29.7. The SMILES string of the molecule is CCOP(=O)(OCC)[C@@H]1CN(Cc2ccccc2)C[C@@H]1CN(Cc1ccccc1)S(=O)(=O)c1ccc(C)cc1. The molecule has 3 aromatic rings. The second-order valence-corrected chi connectivity index (χ2v) is 14.2. The molecule has 0 spiro atoms.